The fourth-order valence-electron chi connectivity index (χ4n) is 2.68. The molecule has 2 rings (SSSR count). The van der Waals surface area contributed by atoms with Crippen LogP contribution in [0.2, 0.25) is 0 Å². The van der Waals surface area contributed by atoms with Crippen LogP contribution in [0.4, 0.5) is 0 Å². The Balaban J connectivity index is 2.11. The van der Waals surface area contributed by atoms with Gasteiger partial charge in [0, 0.05) is 24.8 Å². The largest absolute Gasteiger partial charge is 0.490 e. The summed E-state index contributed by atoms with van der Waals surface area (Å²) in [5.41, 5.74) is -1.11. The number of nitrogens with one attached hydrogen (secondary N) is 1. The molecule has 0 aliphatic carbocycles. The van der Waals surface area contributed by atoms with E-state index in [0.717, 1.165) is 4.57 Å². The molecule has 1 aliphatic heterocycles. The smallest absolute Gasteiger partial charge is 0.376 e. The first kappa shape index (κ1) is 26.3. The molecule has 0 bridgehead atoms. The van der Waals surface area contributed by atoms with Gasteiger partial charge in [0.1, 0.15) is 12.3 Å². The van der Waals surface area contributed by atoms with E-state index in [0.29, 0.717) is 0 Å². The number of aromatic amines is 1. The SMILES string of the molecule is CCOC1C[C@H](n2cc(C)c(=O)[nH]c2=O)O[C@@H]1COP(=O)(O)OP(=O)(O)OP(=O)(O)O. The van der Waals surface area contributed by atoms with E-state index in [1.165, 1.54) is 13.1 Å². The van der Waals surface area contributed by atoms with Crippen molar-refractivity contribution in [3.8, 4) is 0 Å². The van der Waals surface area contributed by atoms with Gasteiger partial charge in [0.2, 0.25) is 0 Å². The van der Waals surface area contributed by atoms with Crippen LogP contribution in [0.3, 0.4) is 0 Å². The summed E-state index contributed by atoms with van der Waals surface area (Å²) in [6.07, 6.45) is -1.40. The van der Waals surface area contributed by atoms with Gasteiger partial charge in [-0.25, -0.2) is 18.5 Å². The predicted molar refractivity (Wildman–Crippen MR) is 99.8 cm³/mol. The van der Waals surface area contributed by atoms with Crippen LogP contribution in [0.5, 0.6) is 0 Å². The van der Waals surface area contributed by atoms with Crippen LogP contribution in [0.15, 0.2) is 15.8 Å². The van der Waals surface area contributed by atoms with E-state index in [4.69, 9.17) is 24.2 Å². The Labute approximate surface area is 174 Å². The van der Waals surface area contributed by atoms with Crippen molar-refractivity contribution in [3.05, 3.63) is 32.6 Å². The molecule has 3 unspecified atom stereocenters. The number of hydrogen-bond acceptors (Lipinski definition) is 10. The molecular weight excluding hydrogens is 489 g/mol. The van der Waals surface area contributed by atoms with Crippen LogP contribution >= 0.6 is 23.5 Å². The second kappa shape index (κ2) is 9.87. The number of phosphoric ester groups is 1. The molecule has 31 heavy (non-hydrogen) atoms. The highest BCUT2D eigenvalue weighted by molar-refractivity contribution is 7.66. The van der Waals surface area contributed by atoms with Gasteiger partial charge in [-0.1, -0.05) is 0 Å². The molecule has 0 aromatic carbocycles. The minimum atomic E-state index is -5.65. The van der Waals surface area contributed by atoms with Gasteiger partial charge in [0.15, 0.2) is 0 Å². The number of rotatable bonds is 10. The third kappa shape index (κ3) is 7.82. The Hall–Kier alpha value is -0.990. The zero-order chi connectivity index (χ0) is 23.6. The van der Waals surface area contributed by atoms with Crippen molar-refractivity contribution in [1.82, 2.24) is 9.55 Å². The maximum atomic E-state index is 12.1. The van der Waals surface area contributed by atoms with Crippen molar-refractivity contribution in [3.63, 3.8) is 0 Å². The van der Waals surface area contributed by atoms with E-state index in [9.17, 15) is 28.2 Å². The lowest BCUT2D eigenvalue weighted by molar-refractivity contribution is -0.0592. The average molecular weight is 510 g/mol. The standard InChI is InChI=1S/C12H21N2O14P3/c1-3-24-8-4-10(14-5-7(2)11(15)13-12(14)16)26-9(8)6-25-30(20,21)28-31(22,23)27-29(17,18)19/h5,8-10H,3-4,6H2,1-2H3,(H,20,21)(H,22,23)(H,13,15,16)(H2,17,18,19)/t8?,9-,10-/m1/s1. The molecule has 1 fully saturated rings. The second-order valence-electron chi connectivity index (χ2n) is 6.22. The Morgan fingerprint density at radius 1 is 1.16 bits per heavy atom. The van der Waals surface area contributed by atoms with Crippen LogP contribution in [-0.4, -0.2) is 54.5 Å². The predicted octanol–water partition coefficient (Wildman–Crippen LogP) is -0.119. The van der Waals surface area contributed by atoms with Crippen molar-refractivity contribution >= 4 is 23.5 Å². The molecule has 2 heterocycles. The monoisotopic (exact) mass is 510 g/mol. The van der Waals surface area contributed by atoms with Crippen LogP contribution in [0.25, 0.3) is 0 Å². The molecule has 178 valence electrons. The Morgan fingerprint density at radius 2 is 1.81 bits per heavy atom. The topological polar surface area (TPSA) is 233 Å². The molecule has 1 aromatic rings. The average Bonchev–Trinajstić information content (AvgIpc) is 2.96. The number of phosphoric acid groups is 3. The lowest BCUT2D eigenvalue weighted by Gasteiger charge is -2.21. The molecule has 0 spiro atoms. The van der Waals surface area contributed by atoms with E-state index in [1.807, 2.05) is 0 Å². The normalized spacial score (nSPS) is 25.8. The summed E-state index contributed by atoms with van der Waals surface area (Å²) in [5, 5.41) is 0. The Bertz CT molecular complexity index is 1050. The first-order valence-electron chi connectivity index (χ1n) is 8.50. The minimum absolute atomic E-state index is 0.0870. The molecule has 1 aromatic heterocycles. The van der Waals surface area contributed by atoms with Gasteiger partial charge >= 0.3 is 29.2 Å². The fourth-order valence-corrected chi connectivity index (χ4v) is 5.71. The van der Waals surface area contributed by atoms with Crippen LogP contribution in [0, 0.1) is 6.92 Å². The van der Waals surface area contributed by atoms with Crippen molar-refractivity contribution < 1.29 is 55.9 Å². The first-order chi connectivity index (χ1) is 14.1. The summed E-state index contributed by atoms with van der Waals surface area (Å²) in [4.78, 5) is 61.5. The van der Waals surface area contributed by atoms with Gasteiger partial charge in [-0.2, -0.15) is 8.62 Å². The van der Waals surface area contributed by atoms with E-state index in [2.05, 4.69) is 18.1 Å². The van der Waals surface area contributed by atoms with Gasteiger partial charge in [0.25, 0.3) is 5.56 Å². The third-order valence-electron chi connectivity index (χ3n) is 3.84. The maximum Gasteiger partial charge on any atom is 0.490 e. The number of H-pyrrole nitrogens is 1. The lowest BCUT2D eigenvalue weighted by atomic mass is 10.2. The molecule has 5 atom stereocenters. The Morgan fingerprint density at radius 3 is 2.39 bits per heavy atom. The first-order valence-corrected chi connectivity index (χ1v) is 13.0. The molecule has 0 radical (unpaired) electrons. The summed E-state index contributed by atoms with van der Waals surface area (Å²) in [6, 6.07) is 0. The van der Waals surface area contributed by atoms with Crippen molar-refractivity contribution in [1.29, 1.82) is 0 Å². The highest BCUT2D eigenvalue weighted by Crippen LogP contribution is 2.66. The van der Waals surface area contributed by atoms with Crippen LogP contribution in [-0.2, 0) is 36.3 Å². The molecule has 1 aliphatic rings. The van der Waals surface area contributed by atoms with Gasteiger partial charge in [-0.3, -0.25) is 18.9 Å². The van der Waals surface area contributed by atoms with Gasteiger partial charge in [-0.05, 0) is 13.8 Å². The number of nitrogens with zero attached hydrogens (tertiary/aromatic N) is 1. The van der Waals surface area contributed by atoms with Crippen LogP contribution in [0.1, 0.15) is 25.1 Å². The van der Waals surface area contributed by atoms with E-state index in [1.54, 1.807) is 6.92 Å². The number of aromatic nitrogens is 2. The molecule has 5 N–H and O–H groups in total. The zero-order valence-electron chi connectivity index (χ0n) is 16.1. The molecular formula is C12H21N2O14P3. The summed E-state index contributed by atoms with van der Waals surface area (Å²) < 4.78 is 57.9. The summed E-state index contributed by atoms with van der Waals surface area (Å²) in [7, 11) is -16.5. The Kier molecular flexibility index (Phi) is 8.37. The fraction of sp³-hybridized carbons (Fsp3) is 0.667. The van der Waals surface area contributed by atoms with Gasteiger partial charge in [-0.15, -0.1) is 0 Å². The van der Waals surface area contributed by atoms with Crippen molar-refractivity contribution in [2.45, 2.75) is 38.7 Å². The molecule has 1 saturated heterocycles. The molecule has 19 heteroatoms. The van der Waals surface area contributed by atoms with E-state index < -0.39 is 59.8 Å². The highest BCUT2D eigenvalue weighted by atomic mass is 31.3. The summed E-state index contributed by atoms with van der Waals surface area (Å²) in [5.74, 6) is 0. The number of aryl methyl sites for hydroxylation is 1. The maximum absolute atomic E-state index is 12.1. The minimum Gasteiger partial charge on any atom is -0.376 e. The summed E-state index contributed by atoms with van der Waals surface area (Å²) >= 11 is 0. The second-order valence-corrected chi connectivity index (χ2v) is 10.6. The molecule has 0 amide bonds. The lowest BCUT2D eigenvalue weighted by Crippen LogP contribution is -2.33. The van der Waals surface area contributed by atoms with E-state index >= 15 is 0 Å². The quantitative estimate of drug-likeness (QED) is 0.258. The van der Waals surface area contributed by atoms with Crippen molar-refractivity contribution in [2.24, 2.45) is 0 Å². The number of hydrogen-bond donors (Lipinski definition) is 5. The number of ether oxygens (including phenoxy) is 2. The highest BCUT2D eigenvalue weighted by Gasteiger charge is 2.43. The molecule has 16 nitrogen and oxygen atoms in total. The van der Waals surface area contributed by atoms with E-state index in [-0.39, 0.29) is 18.6 Å². The zero-order valence-corrected chi connectivity index (χ0v) is 18.8. The van der Waals surface area contributed by atoms with Crippen LogP contribution < -0.4 is 11.2 Å². The van der Waals surface area contributed by atoms with Gasteiger partial charge in [0.05, 0.1) is 12.7 Å². The van der Waals surface area contributed by atoms with Crippen molar-refractivity contribution in [2.75, 3.05) is 13.2 Å². The van der Waals surface area contributed by atoms with Gasteiger partial charge < -0.3 is 29.0 Å². The molecule has 0 saturated carbocycles. The summed E-state index contributed by atoms with van der Waals surface area (Å²) in [6.45, 7) is 2.59. The third-order valence-corrected chi connectivity index (χ3v) is 7.64.